The van der Waals surface area contributed by atoms with Crippen LogP contribution in [-0.4, -0.2) is 20.5 Å². The van der Waals surface area contributed by atoms with Crippen LogP contribution in [0.25, 0.3) is 11.1 Å². The quantitative estimate of drug-likeness (QED) is 0.510. The number of hydrogen-bond donors (Lipinski definition) is 1. The molecule has 0 fully saturated rings. The fourth-order valence-electron chi connectivity index (χ4n) is 2.64. The highest BCUT2D eigenvalue weighted by Crippen LogP contribution is 2.33. The van der Waals surface area contributed by atoms with E-state index in [1.165, 1.54) is 13.2 Å². The van der Waals surface area contributed by atoms with Crippen molar-refractivity contribution in [1.29, 1.82) is 0 Å². The molecule has 0 unspecified atom stereocenters. The molecule has 0 aromatic heterocycles. The van der Waals surface area contributed by atoms with Crippen LogP contribution in [0.1, 0.15) is 0 Å². The second-order valence-electron chi connectivity index (χ2n) is 5.61. The van der Waals surface area contributed by atoms with E-state index in [1.807, 2.05) is 30.3 Å². The number of nitro groups is 1. The summed E-state index contributed by atoms with van der Waals surface area (Å²) < 4.78 is 33.1. The minimum Gasteiger partial charge on any atom is -0.497 e. The van der Waals surface area contributed by atoms with Crippen molar-refractivity contribution in [2.75, 3.05) is 11.8 Å². The summed E-state index contributed by atoms with van der Waals surface area (Å²) in [6.07, 6.45) is 0. The van der Waals surface area contributed by atoms with Gasteiger partial charge in [0.05, 0.1) is 23.8 Å². The molecule has 0 amide bonds. The maximum atomic E-state index is 12.9. The van der Waals surface area contributed by atoms with E-state index in [0.717, 1.165) is 17.7 Å². The summed E-state index contributed by atoms with van der Waals surface area (Å²) in [6, 6.07) is 19.7. The standard InChI is InChI=1S/C19H16N2O5S/c1-26-15-11-12-19(18(13-15)21(22)23)27(24,25)20-17-10-6-5-9-16(17)14-7-3-2-4-8-14/h2-13,20H,1H3. The van der Waals surface area contributed by atoms with E-state index in [2.05, 4.69) is 4.72 Å². The van der Waals surface area contributed by atoms with Crippen molar-refractivity contribution >= 4 is 21.4 Å². The van der Waals surface area contributed by atoms with Gasteiger partial charge in [0.15, 0.2) is 4.90 Å². The Labute approximate surface area is 156 Å². The zero-order valence-corrected chi connectivity index (χ0v) is 15.1. The van der Waals surface area contributed by atoms with Gasteiger partial charge in [0, 0.05) is 5.56 Å². The molecule has 0 atom stereocenters. The van der Waals surface area contributed by atoms with Crippen molar-refractivity contribution in [3.05, 3.63) is 82.9 Å². The van der Waals surface area contributed by atoms with Gasteiger partial charge in [0.1, 0.15) is 5.75 Å². The molecule has 3 aromatic carbocycles. The van der Waals surface area contributed by atoms with Crippen LogP contribution in [-0.2, 0) is 10.0 Å². The van der Waals surface area contributed by atoms with Gasteiger partial charge in [-0.1, -0.05) is 48.5 Å². The molecule has 0 heterocycles. The van der Waals surface area contributed by atoms with E-state index in [-0.39, 0.29) is 5.75 Å². The van der Waals surface area contributed by atoms with E-state index in [0.29, 0.717) is 11.3 Å². The zero-order valence-electron chi connectivity index (χ0n) is 14.3. The number of hydrogen-bond acceptors (Lipinski definition) is 5. The van der Waals surface area contributed by atoms with Crippen LogP contribution < -0.4 is 9.46 Å². The van der Waals surface area contributed by atoms with Crippen molar-refractivity contribution in [3.63, 3.8) is 0 Å². The number of nitrogens with one attached hydrogen (secondary N) is 1. The molecule has 0 bridgehead atoms. The lowest BCUT2D eigenvalue weighted by Crippen LogP contribution is -2.15. The van der Waals surface area contributed by atoms with Crippen LogP contribution >= 0.6 is 0 Å². The maximum absolute atomic E-state index is 12.9. The Morgan fingerprint density at radius 1 is 0.963 bits per heavy atom. The molecular formula is C19H16N2O5S. The predicted molar refractivity (Wildman–Crippen MR) is 102 cm³/mol. The lowest BCUT2D eigenvalue weighted by Gasteiger charge is -2.13. The maximum Gasteiger partial charge on any atom is 0.293 e. The van der Waals surface area contributed by atoms with Crippen LogP contribution in [0, 0.1) is 10.1 Å². The third kappa shape index (κ3) is 3.90. The second kappa shape index (κ2) is 7.46. The van der Waals surface area contributed by atoms with Crippen molar-refractivity contribution in [2.45, 2.75) is 4.90 Å². The van der Waals surface area contributed by atoms with Gasteiger partial charge in [-0.3, -0.25) is 14.8 Å². The molecule has 0 spiro atoms. The first-order valence-corrected chi connectivity index (χ1v) is 9.40. The van der Waals surface area contributed by atoms with Gasteiger partial charge in [0.25, 0.3) is 15.7 Å². The number of methoxy groups -OCH3 is 1. The molecule has 138 valence electrons. The summed E-state index contributed by atoms with van der Waals surface area (Å²) in [5.41, 5.74) is 1.26. The molecule has 0 saturated heterocycles. The third-order valence-electron chi connectivity index (χ3n) is 3.91. The van der Waals surface area contributed by atoms with Crippen LogP contribution in [0.3, 0.4) is 0 Å². The first-order valence-electron chi connectivity index (χ1n) is 7.92. The highest BCUT2D eigenvalue weighted by Gasteiger charge is 2.27. The average molecular weight is 384 g/mol. The predicted octanol–water partition coefficient (Wildman–Crippen LogP) is 4.07. The molecule has 7 nitrogen and oxygen atoms in total. The largest absolute Gasteiger partial charge is 0.497 e. The SMILES string of the molecule is COc1ccc(S(=O)(=O)Nc2ccccc2-c2ccccc2)c([N+](=O)[O-])c1. The Balaban J connectivity index is 2.06. The van der Waals surface area contributed by atoms with Gasteiger partial charge in [0.2, 0.25) is 0 Å². The molecule has 3 rings (SSSR count). The number of benzene rings is 3. The van der Waals surface area contributed by atoms with Gasteiger partial charge in [-0.25, -0.2) is 8.42 Å². The van der Waals surface area contributed by atoms with Crippen molar-refractivity contribution in [2.24, 2.45) is 0 Å². The van der Waals surface area contributed by atoms with Gasteiger partial charge in [-0.2, -0.15) is 0 Å². The van der Waals surface area contributed by atoms with Gasteiger partial charge in [-0.05, 0) is 23.8 Å². The lowest BCUT2D eigenvalue weighted by atomic mass is 10.0. The number of anilines is 1. The minimum absolute atomic E-state index is 0.199. The fourth-order valence-corrected chi connectivity index (χ4v) is 3.87. The molecule has 0 aliphatic rings. The topological polar surface area (TPSA) is 98.5 Å². The summed E-state index contributed by atoms with van der Waals surface area (Å²) in [6.45, 7) is 0. The Kier molecular flexibility index (Phi) is 5.09. The van der Waals surface area contributed by atoms with E-state index in [1.54, 1.807) is 24.3 Å². The number of nitro benzene ring substituents is 1. The zero-order chi connectivity index (χ0) is 19.4. The molecular weight excluding hydrogens is 368 g/mol. The fraction of sp³-hybridized carbons (Fsp3) is 0.0526. The van der Waals surface area contributed by atoms with E-state index < -0.39 is 25.5 Å². The summed E-state index contributed by atoms with van der Waals surface area (Å²) in [4.78, 5) is 10.2. The molecule has 0 aliphatic carbocycles. The number of para-hydroxylation sites is 1. The molecule has 27 heavy (non-hydrogen) atoms. The molecule has 0 radical (unpaired) electrons. The van der Waals surface area contributed by atoms with Crippen molar-refractivity contribution in [3.8, 4) is 16.9 Å². The van der Waals surface area contributed by atoms with Crippen molar-refractivity contribution in [1.82, 2.24) is 0 Å². The van der Waals surface area contributed by atoms with Crippen LogP contribution in [0.15, 0.2) is 77.7 Å². The Bertz CT molecular complexity index is 1080. The second-order valence-corrected chi connectivity index (χ2v) is 7.26. The molecule has 8 heteroatoms. The lowest BCUT2D eigenvalue weighted by molar-refractivity contribution is -0.387. The van der Waals surface area contributed by atoms with Crippen LogP contribution in [0.4, 0.5) is 11.4 Å². The highest BCUT2D eigenvalue weighted by molar-refractivity contribution is 7.92. The summed E-state index contributed by atoms with van der Waals surface area (Å²) in [5, 5.41) is 11.3. The third-order valence-corrected chi connectivity index (χ3v) is 5.32. The number of nitrogens with zero attached hydrogens (tertiary/aromatic N) is 1. The van der Waals surface area contributed by atoms with Gasteiger partial charge < -0.3 is 4.74 Å². The summed E-state index contributed by atoms with van der Waals surface area (Å²) >= 11 is 0. The molecule has 3 aromatic rings. The van der Waals surface area contributed by atoms with Gasteiger partial charge in [-0.15, -0.1) is 0 Å². The normalized spacial score (nSPS) is 11.0. The van der Waals surface area contributed by atoms with Crippen molar-refractivity contribution < 1.29 is 18.1 Å². The average Bonchev–Trinajstić information content (AvgIpc) is 2.68. The highest BCUT2D eigenvalue weighted by atomic mass is 32.2. The first kappa shape index (κ1) is 18.4. The Hall–Kier alpha value is -3.39. The van der Waals surface area contributed by atoms with E-state index in [9.17, 15) is 18.5 Å². The monoisotopic (exact) mass is 384 g/mol. The smallest absolute Gasteiger partial charge is 0.293 e. The van der Waals surface area contributed by atoms with Crippen LogP contribution in [0.5, 0.6) is 5.75 Å². The summed E-state index contributed by atoms with van der Waals surface area (Å²) in [5.74, 6) is 0.199. The van der Waals surface area contributed by atoms with E-state index >= 15 is 0 Å². The van der Waals surface area contributed by atoms with Crippen LogP contribution in [0.2, 0.25) is 0 Å². The Morgan fingerprint density at radius 2 is 1.63 bits per heavy atom. The number of rotatable bonds is 6. The first-order chi connectivity index (χ1) is 12.9. The molecule has 1 N–H and O–H groups in total. The van der Waals surface area contributed by atoms with E-state index in [4.69, 9.17) is 4.74 Å². The molecule has 0 saturated carbocycles. The molecule has 0 aliphatic heterocycles. The Morgan fingerprint density at radius 3 is 2.30 bits per heavy atom. The van der Waals surface area contributed by atoms with Gasteiger partial charge >= 0.3 is 0 Å². The minimum atomic E-state index is -4.19. The number of sulfonamides is 1. The summed E-state index contributed by atoms with van der Waals surface area (Å²) in [7, 11) is -2.84. The number of ether oxygens (including phenoxy) is 1.